The summed E-state index contributed by atoms with van der Waals surface area (Å²) < 4.78 is 5.07. The lowest BCUT2D eigenvalue weighted by molar-refractivity contribution is -0.137. The molecule has 3 heterocycles. The Kier molecular flexibility index (Phi) is 7.57. The molecule has 2 aromatic rings. The molecular formula is C26H33N3O4. The average molecular weight is 452 g/mol. The quantitative estimate of drug-likeness (QED) is 0.453. The van der Waals surface area contributed by atoms with Crippen LogP contribution in [0.1, 0.15) is 85.6 Å². The van der Waals surface area contributed by atoms with Gasteiger partial charge in [0.2, 0.25) is 5.88 Å². The van der Waals surface area contributed by atoms with E-state index in [1.165, 1.54) is 36.8 Å². The number of ketones is 1. The molecule has 0 radical (unpaired) electrons. The maximum absolute atomic E-state index is 12.7. The van der Waals surface area contributed by atoms with Crippen molar-refractivity contribution in [1.29, 1.82) is 0 Å². The molecule has 1 unspecified atom stereocenters. The zero-order valence-electron chi connectivity index (χ0n) is 19.3. The largest absolute Gasteiger partial charge is 0.481 e. The van der Waals surface area contributed by atoms with Crippen LogP contribution in [-0.4, -0.2) is 40.5 Å². The van der Waals surface area contributed by atoms with E-state index in [0.29, 0.717) is 18.2 Å². The van der Waals surface area contributed by atoms with Gasteiger partial charge >= 0.3 is 5.97 Å². The summed E-state index contributed by atoms with van der Waals surface area (Å²) in [6.45, 7) is 0.984. The van der Waals surface area contributed by atoms with Gasteiger partial charge in [-0.25, -0.2) is 9.97 Å². The van der Waals surface area contributed by atoms with Crippen LogP contribution < -0.4 is 10.1 Å². The van der Waals surface area contributed by atoms with Gasteiger partial charge in [-0.1, -0.05) is 12.1 Å². The lowest BCUT2D eigenvalue weighted by Gasteiger charge is -2.20. The highest BCUT2D eigenvalue weighted by Crippen LogP contribution is 2.43. The van der Waals surface area contributed by atoms with Crippen LogP contribution in [0.5, 0.6) is 5.88 Å². The number of rotatable bonds is 12. The summed E-state index contributed by atoms with van der Waals surface area (Å²) in [5.41, 5.74) is 4.70. The maximum atomic E-state index is 12.7. The van der Waals surface area contributed by atoms with Crippen molar-refractivity contribution in [2.24, 2.45) is 0 Å². The van der Waals surface area contributed by atoms with E-state index in [0.717, 1.165) is 50.0 Å². The zero-order valence-corrected chi connectivity index (χ0v) is 19.3. The predicted molar refractivity (Wildman–Crippen MR) is 126 cm³/mol. The Hall–Kier alpha value is -2.96. The number of fused-ring (bicyclic) bond motifs is 1. The first kappa shape index (κ1) is 23.2. The molecule has 7 nitrogen and oxygen atoms in total. The van der Waals surface area contributed by atoms with Crippen LogP contribution >= 0.6 is 0 Å². The number of anilines is 1. The SMILES string of the molecule is COc1ccc(C(CC(=O)O)CC(=O)CCCCc2nc3c(cc2C2CC2)CCCN3)cn1. The van der Waals surface area contributed by atoms with Crippen LogP contribution in [0, 0.1) is 0 Å². The lowest BCUT2D eigenvalue weighted by Crippen LogP contribution is -2.15. The van der Waals surface area contributed by atoms with Crippen LogP contribution in [-0.2, 0) is 22.4 Å². The van der Waals surface area contributed by atoms with E-state index in [1.54, 1.807) is 18.3 Å². The van der Waals surface area contributed by atoms with Crippen LogP contribution in [0.25, 0.3) is 0 Å². The summed E-state index contributed by atoms with van der Waals surface area (Å²) in [7, 11) is 1.53. The van der Waals surface area contributed by atoms with Gasteiger partial charge in [-0.2, -0.15) is 0 Å². The van der Waals surface area contributed by atoms with Gasteiger partial charge in [-0.3, -0.25) is 9.59 Å². The lowest BCUT2D eigenvalue weighted by atomic mass is 9.90. The number of ether oxygens (including phenoxy) is 1. The normalized spacial score (nSPS) is 15.9. The van der Waals surface area contributed by atoms with E-state index in [2.05, 4.69) is 16.4 Å². The van der Waals surface area contributed by atoms with E-state index in [1.807, 2.05) is 0 Å². The fourth-order valence-corrected chi connectivity index (χ4v) is 4.65. The molecule has 1 atom stereocenters. The number of carbonyl (C=O) groups excluding carboxylic acids is 1. The number of aliphatic carboxylic acids is 1. The Bertz CT molecular complexity index is 986. The first-order valence-electron chi connectivity index (χ1n) is 12.0. The number of carboxylic acid groups (broad SMARTS) is 1. The molecule has 1 fully saturated rings. The summed E-state index contributed by atoms with van der Waals surface area (Å²) in [5.74, 6) is 0.986. The Balaban J connectivity index is 1.30. The van der Waals surface area contributed by atoms with Gasteiger partial charge in [0.15, 0.2) is 0 Å². The van der Waals surface area contributed by atoms with Crippen molar-refractivity contribution >= 4 is 17.6 Å². The number of hydrogen-bond acceptors (Lipinski definition) is 6. The minimum Gasteiger partial charge on any atom is -0.481 e. The molecule has 33 heavy (non-hydrogen) atoms. The molecule has 4 rings (SSSR count). The smallest absolute Gasteiger partial charge is 0.303 e. The van der Waals surface area contributed by atoms with Gasteiger partial charge in [0.25, 0.3) is 0 Å². The van der Waals surface area contributed by atoms with Crippen molar-refractivity contribution < 1.29 is 19.4 Å². The first-order valence-corrected chi connectivity index (χ1v) is 12.0. The number of carboxylic acids is 1. The van der Waals surface area contributed by atoms with E-state index >= 15 is 0 Å². The summed E-state index contributed by atoms with van der Waals surface area (Å²) in [5, 5.41) is 12.7. The Morgan fingerprint density at radius 1 is 1.24 bits per heavy atom. The van der Waals surface area contributed by atoms with E-state index in [-0.39, 0.29) is 24.5 Å². The van der Waals surface area contributed by atoms with Crippen molar-refractivity contribution in [3.8, 4) is 5.88 Å². The molecule has 2 aliphatic rings. The number of Topliss-reactive ketones (excluding diaryl/α,β-unsaturated/α-hetero) is 1. The minimum atomic E-state index is -0.914. The number of aryl methyl sites for hydroxylation is 2. The topological polar surface area (TPSA) is 101 Å². The average Bonchev–Trinajstić information content (AvgIpc) is 3.66. The zero-order chi connectivity index (χ0) is 23.2. The highest BCUT2D eigenvalue weighted by molar-refractivity contribution is 5.80. The predicted octanol–water partition coefficient (Wildman–Crippen LogP) is 4.65. The fourth-order valence-electron chi connectivity index (χ4n) is 4.65. The Morgan fingerprint density at radius 2 is 2.09 bits per heavy atom. The summed E-state index contributed by atoms with van der Waals surface area (Å²) in [4.78, 5) is 33.1. The number of nitrogens with zero attached hydrogens (tertiary/aromatic N) is 2. The van der Waals surface area contributed by atoms with Crippen molar-refractivity contribution in [1.82, 2.24) is 9.97 Å². The molecule has 0 saturated heterocycles. The molecule has 0 bridgehead atoms. The standard InChI is InChI=1S/C26H33N3O4/c1-33-24-11-10-19(16-28-24)20(15-25(31)32)13-21(30)6-2-3-7-23-22(17-8-9-17)14-18-5-4-12-27-26(18)29-23/h10-11,14,16-17,20H,2-9,12-13,15H2,1H3,(H,27,29)(H,31,32). The molecular weight excluding hydrogens is 418 g/mol. The Morgan fingerprint density at radius 3 is 2.79 bits per heavy atom. The number of carbonyl (C=O) groups is 2. The van der Waals surface area contributed by atoms with Gasteiger partial charge in [-0.05, 0) is 67.6 Å². The van der Waals surface area contributed by atoms with Crippen molar-refractivity contribution in [2.45, 2.75) is 76.0 Å². The van der Waals surface area contributed by atoms with Crippen molar-refractivity contribution in [3.63, 3.8) is 0 Å². The van der Waals surface area contributed by atoms with Gasteiger partial charge in [0.05, 0.1) is 13.5 Å². The molecule has 1 aliphatic heterocycles. The van der Waals surface area contributed by atoms with Gasteiger partial charge in [0.1, 0.15) is 11.6 Å². The molecule has 1 aliphatic carbocycles. The molecule has 7 heteroatoms. The van der Waals surface area contributed by atoms with Gasteiger partial charge < -0.3 is 15.2 Å². The van der Waals surface area contributed by atoms with Crippen LogP contribution in [0.2, 0.25) is 0 Å². The molecule has 0 spiro atoms. The molecule has 2 aromatic heterocycles. The van der Waals surface area contributed by atoms with Crippen molar-refractivity contribution in [3.05, 3.63) is 46.8 Å². The number of nitrogens with one attached hydrogen (secondary N) is 1. The van der Waals surface area contributed by atoms with Crippen LogP contribution in [0.3, 0.4) is 0 Å². The highest BCUT2D eigenvalue weighted by Gasteiger charge is 2.28. The number of methoxy groups -OCH3 is 1. The summed E-state index contributed by atoms with van der Waals surface area (Å²) in [6, 6.07) is 5.86. The number of aromatic nitrogens is 2. The number of hydrogen-bond donors (Lipinski definition) is 2. The van der Waals surface area contributed by atoms with E-state index in [4.69, 9.17) is 9.72 Å². The molecule has 2 N–H and O–H groups in total. The van der Waals surface area contributed by atoms with Gasteiger partial charge in [-0.15, -0.1) is 0 Å². The molecule has 176 valence electrons. The Labute approximate surface area is 195 Å². The fraction of sp³-hybridized carbons (Fsp3) is 0.538. The summed E-state index contributed by atoms with van der Waals surface area (Å²) >= 11 is 0. The maximum Gasteiger partial charge on any atom is 0.303 e. The van der Waals surface area contributed by atoms with Gasteiger partial charge in [0, 0.05) is 43.3 Å². The van der Waals surface area contributed by atoms with Crippen LogP contribution in [0.4, 0.5) is 5.82 Å². The van der Waals surface area contributed by atoms with Crippen LogP contribution in [0.15, 0.2) is 24.4 Å². The second-order valence-corrected chi connectivity index (χ2v) is 9.22. The first-order chi connectivity index (χ1) is 16.0. The minimum absolute atomic E-state index is 0.0868. The number of pyridine rings is 2. The third-order valence-electron chi connectivity index (χ3n) is 6.60. The number of unbranched alkanes of at least 4 members (excludes halogenated alkanes) is 1. The molecule has 1 saturated carbocycles. The summed E-state index contributed by atoms with van der Waals surface area (Å²) in [6.07, 6.45) is 9.55. The molecule has 0 aromatic carbocycles. The third-order valence-corrected chi connectivity index (χ3v) is 6.60. The van der Waals surface area contributed by atoms with Crippen molar-refractivity contribution in [2.75, 3.05) is 19.0 Å². The van der Waals surface area contributed by atoms with E-state index in [9.17, 15) is 14.7 Å². The molecule has 0 amide bonds. The second-order valence-electron chi connectivity index (χ2n) is 9.22. The second kappa shape index (κ2) is 10.8. The van der Waals surface area contributed by atoms with E-state index < -0.39 is 5.97 Å². The third kappa shape index (κ3) is 6.30. The highest BCUT2D eigenvalue weighted by atomic mass is 16.5. The monoisotopic (exact) mass is 451 g/mol.